The van der Waals surface area contributed by atoms with E-state index >= 15 is 0 Å². The zero-order valence-electron chi connectivity index (χ0n) is 12.3. The van der Waals surface area contributed by atoms with Crippen molar-refractivity contribution in [2.45, 2.75) is 33.2 Å². The second-order valence-electron chi connectivity index (χ2n) is 6.28. The summed E-state index contributed by atoms with van der Waals surface area (Å²) in [4.78, 5) is 14.4. The Bertz CT molecular complexity index is 298. The van der Waals surface area contributed by atoms with Crippen LogP contribution in [-0.4, -0.2) is 49.6 Å². The van der Waals surface area contributed by atoms with E-state index in [0.29, 0.717) is 5.92 Å². The lowest BCUT2D eigenvalue weighted by Crippen LogP contribution is -2.51. The highest BCUT2D eigenvalue weighted by Gasteiger charge is 2.35. The van der Waals surface area contributed by atoms with E-state index in [1.54, 1.807) is 0 Å². The van der Waals surface area contributed by atoms with Crippen LogP contribution in [0.4, 0.5) is 0 Å². The molecule has 0 aromatic carbocycles. The Morgan fingerprint density at radius 3 is 2.68 bits per heavy atom. The van der Waals surface area contributed by atoms with Crippen LogP contribution < -0.4 is 10.6 Å². The molecule has 0 bridgehead atoms. The number of fused-ring (bicyclic) bond motifs is 1. The van der Waals surface area contributed by atoms with Gasteiger partial charge in [-0.2, -0.15) is 0 Å². The molecule has 3 unspecified atom stereocenters. The van der Waals surface area contributed by atoms with Crippen LogP contribution in [0.15, 0.2) is 0 Å². The first-order valence-electron chi connectivity index (χ1n) is 7.30. The lowest BCUT2D eigenvalue weighted by molar-refractivity contribution is -0.126. The van der Waals surface area contributed by atoms with Gasteiger partial charge in [-0.05, 0) is 50.7 Å². The molecule has 2 aliphatic heterocycles. The standard InChI is InChI=1S/C14H27N3O.ClH/c1-10(2)6-16-14(18)11(3)17-5-4-12-7-15-8-13(12)9-17;/h10-13,15H,4-9H2,1-3H3,(H,16,18);1H. The SMILES string of the molecule is CC(C)CNC(=O)C(C)N1CCC2CNCC2C1.Cl. The first kappa shape index (κ1) is 16.7. The largest absolute Gasteiger partial charge is 0.354 e. The molecule has 2 N–H and O–H groups in total. The fraction of sp³-hybridized carbons (Fsp3) is 0.929. The zero-order valence-corrected chi connectivity index (χ0v) is 13.1. The maximum Gasteiger partial charge on any atom is 0.237 e. The van der Waals surface area contributed by atoms with Gasteiger partial charge in [0.05, 0.1) is 6.04 Å². The third-order valence-electron chi connectivity index (χ3n) is 4.35. The van der Waals surface area contributed by atoms with Gasteiger partial charge in [-0.1, -0.05) is 13.8 Å². The topological polar surface area (TPSA) is 44.4 Å². The van der Waals surface area contributed by atoms with Crippen molar-refractivity contribution in [3.63, 3.8) is 0 Å². The van der Waals surface area contributed by atoms with E-state index in [0.717, 1.165) is 38.0 Å². The number of carbonyl (C=O) groups is 1. The van der Waals surface area contributed by atoms with Crippen LogP contribution in [-0.2, 0) is 4.79 Å². The summed E-state index contributed by atoms with van der Waals surface area (Å²) in [5, 5.41) is 6.51. The molecule has 0 aromatic heterocycles. The highest BCUT2D eigenvalue weighted by atomic mass is 35.5. The second-order valence-corrected chi connectivity index (χ2v) is 6.28. The number of carbonyl (C=O) groups excluding carboxylic acids is 1. The molecule has 0 saturated carbocycles. The number of likely N-dealkylation sites (tertiary alicyclic amines) is 1. The minimum absolute atomic E-state index is 0. The van der Waals surface area contributed by atoms with Crippen LogP contribution >= 0.6 is 12.4 Å². The molecule has 19 heavy (non-hydrogen) atoms. The zero-order chi connectivity index (χ0) is 13.1. The summed E-state index contributed by atoms with van der Waals surface area (Å²) >= 11 is 0. The molecule has 1 amide bonds. The minimum atomic E-state index is 0. The Labute approximate surface area is 123 Å². The van der Waals surface area contributed by atoms with E-state index in [1.807, 2.05) is 6.92 Å². The highest BCUT2D eigenvalue weighted by Crippen LogP contribution is 2.27. The maximum atomic E-state index is 12.1. The maximum absolute atomic E-state index is 12.1. The predicted octanol–water partition coefficient (Wildman–Crippen LogP) is 1.11. The van der Waals surface area contributed by atoms with Gasteiger partial charge in [0.15, 0.2) is 0 Å². The van der Waals surface area contributed by atoms with Gasteiger partial charge in [0.1, 0.15) is 0 Å². The van der Waals surface area contributed by atoms with Crippen LogP contribution in [0.3, 0.4) is 0 Å². The number of amides is 1. The predicted molar refractivity (Wildman–Crippen MR) is 80.6 cm³/mol. The van der Waals surface area contributed by atoms with Crippen molar-refractivity contribution in [1.82, 2.24) is 15.5 Å². The number of nitrogens with one attached hydrogen (secondary N) is 2. The average molecular weight is 290 g/mol. The average Bonchev–Trinajstić information content (AvgIpc) is 2.81. The van der Waals surface area contributed by atoms with E-state index in [9.17, 15) is 4.79 Å². The molecule has 0 spiro atoms. The van der Waals surface area contributed by atoms with Gasteiger partial charge in [-0.3, -0.25) is 9.69 Å². The molecular weight excluding hydrogens is 262 g/mol. The number of nitrogens with zero attached hydrogens (tertiary/aromatic N) is 1. The van der Waals surface area contributed by atoms with Crippen molar-refractivity contribution in [1.29, 1.82) is 0 Å². The van der Waals surface area contributed by atoms with Crippen molar-refractivity contribution in [3.8, 4) is 0 Å². The van der Waals surface area contributed by atoms with E-state index in [1.165, 1.54) is 13.0 Å². The lowest BCUT2D eigenvalue weighted by atomic mass is 9.88. The van der Waals surface area contributed by atoms with Crippen molar-refractivity contribution in [3.05, 3.63) is 0 Å². The summed E-state index contributed by atoms with van der Waals surface area (Å²) in [6.45, 7) is 11.5. The quantitative estimate of drug-likeness (QED) is 0.815. The van der Waals surface area contributed by atoms with Crippen LogP contribution in [0.5, 0.6) is 0 Å². The smallest absolute Gasteiger partial charge is 0.237 e. The summed E-state index contributed by atoms with van der Waals surface area (Å²) in [5.74, 6) is 2.30. The number of hydrogen-bond acceptors (Lipinski definition) is 3. The molecule has 4 nitrogen and oxygen atoms in total. The van der Waals surface area contributed by atoms with Crippen molar-refractivity contribution in [2.75, 3.05) is 32.7 Å². The molecule has 0 radical (unpaired) electrons. The molecule has 2 aliphatic rings. The van der Waals surface area contributed by atoms with Crippen LogP contribution in [0.2, 0.25) is 0 Å². The second kappa shape index (κ2) is 7.46. The lowest BCUT2D eigenvalue weighted by Gasteiger charge is -2.37. The third-order valence-corrected chi connectivity index (χ3v) is 4.35. The van der Waals surface area contributed by atoms with E-state index < -0.39 is 0 Å². The normalized spacial score (nSPS) is 28.6. The monoisotopic (exact) mass is 289 g/mol. The van der Waals surface area contributed by atoms with Crippen molar-refractivity contribution < 1.29 is 4.79 Å². The number of halogens is 1. The van der Waals surface area contributed by atoms with Gasteiger partial charge in [0.2, 0.25) is 5.91 Å². The molecule has 5 heteroatoms. The molecule has 112 valence electrons. The molecule has 2 saturated heterocycles. The van der Waals surface area contributed by atoms with E-state index in [4.69, 9.17) is 0 Å². The fourth-order valence-corrected chi connectivity index (χ4v) is 3.03. The van der Waals surface area contributed by atoms with Crippen LogP contribution in [0.1, 0.15) is 27.2 Å². The first-order valence-corrected chi connectivity index (χ1v) is 7.30. The van der Waals surface area contributed by atoms with Gasteiger partial charge in [-0.25, -0.2) is 0 Å². The fourth-order valence-electron chi connectivity index (χ4n) is 3.03. The van der Waals surface area contributed by atoms with Gasteiger partial charge >= 0.3 is 0 Å². The van der Waals surface area contributed by atoms with Gasteiger partial charge in [0.25, 0.3) is 0 Å². The molecular formula is C14H28ClN3O. The van der Waals surface area contributed by atoms with Gasteiger partial charge < -0.3 is 10.6 Å². The Morgan fingerprint density at radius 2 is 2.00 bits per heavy atom. The third kappa shape index (κ3) is 4.33. The summed E-state index contributed by atoms with van der Waals surface area (Å²) < 4.78 is 0. The van der Waals surface area contributed by atoms with E-state index in [-0.39, 0.29) is 24.4 Å². The van der Waals surface area contributed by atoms with E-state index in [2.05, 4.69) is 29.4 Å². The Kier molecular flexibility index (Phi) is 6.57. The molecule has 0 aromatic rings. The van der Waals surface area contributed by atoms with Crippen LogP contribution in [0.25, 0.3) is 0 Å². The van der Waals surface area contributed by atoms with Crippen molar-refractivity contribution >= 4 is 18.3 Å². The molecule has 2 heterocycles. The number of hydrogen-bond donors (Lipinski definition) is 2. The summed E-state index contributed by atoms with van der Waals surface area (Å²) in [7, 11) is 0. The van der Waals surface area contributed by atoms with Gasteiger partial charge in [0, 0.05) is 13.1 Å². The molecule has 0 aliphatic carbocycles. The van der Waals surface area contributed by atoms with Crippen LogP contribution in [0, 0.1) is 17.8 Å². The van der Waals surface area contributed by atoms with Gasteiger partial charge in [-0.15, -0.1) is 12.4 Å². The Hall–Kier alpha value is -0.320. The highest BCUT2D eigenvalue weighted by molar-refractivity contribution is 5.85. The summed E-state index contributed by atoms with van der Waals surface area (Å²) in [6, 6.07) is 0.0188. The Balaban J connectivity index is 0.00000180. The molecule has 2 rings (SSSR count). The number of piperidine rings is 1. The summed E-state index contributed by atoms with van der Waals surface area (Å²) in [5.41, 5.74) is 0. The summed E-state index contributed by atoms with van der Waals surface area (Å²) in [6.07, 6.45) is 1.24. The first-order chi connectivity index (χ1) is 8.58. The van der Waals surface area contributed by atoms with Crippen molar-refractivity contribution in [2.24, 2.45) is 17.8 Å². The molecule has 2 fully saturated rings. The minimum Gasteiger partial charge on any atom is -0.354 e. The number of rotatable bonds is 4. The Morgan fingerprint density at radius 1 is 1.32 bits per heavy atom. The molecule has 3 atom stereocenters.